The van der Waals surface area contributed by atoms with Crippen molar-refractivity contribution in [2.45, 2.75) is 6.42 Å². The van der Waals surface area contributed by atoms with E-state index in [2.05, 4.69) is 22.3 Å². The van der Waals surface area contributed by atoms with Crippen LogP contribution in [0.15, 0.2) is 30.5 Å². The normalized spacial score (nSPS) is 9.71. The fraction of sp³-hybridized carbons (Fsp3) is 0.182. The quantitative estimate of drug-likeness (QED) is 0.518. The average molecular weight is 237 g/mol. The molecule has 0 saturated carbocycles. The van der Waals surface area contributed by atoms with Crippen molar-refractivity contribution in [3.63, 3.8) is 0 Å². The van der Waals surface area contributed by atoms with E-state index in [1.54, 1.807) is 0 Å². The van der Waals surface area contributed by atoms with E-state index in [0.717, 1.165) is 11.9 Å². The zero-order chi connectivity index (χ0) is 12.7. The number of carbonyl (C=O) groups is 1. The first-order chi connectivity index (χ1) is 8.15. The summed E-state index contributed by atoms with van der Waals surface area (Å²) in [4.78, 5) is 12.0. The lowest BCUT2D eigenvalue weighted by atomic mass is 10.1. The van der Waals surface area contributed by atoms with E-state index in [9.17, 15) is 0 Å². The molecule has 0 aliphatic heterocycles. The molecule has 6 nitrogen and oxygen atoms in total. The molecule has 0 unspecified atom stereocenters. The molecule has 0 fully saturated rings. The Kier molecular flexibility index (Phi) is 4.99. The van der Waals surface area contributed by atoms with Gasteiger partial charge in [-0.1, -0.05) is 18.2 Å². The van der Waals surface area contributed by atoms with Gasteiger partial charge in [-0.3, -0.25) is 0 Å². The van der Waals surface area contributed by atoms with E-state index >= 15 is 0 Å². The maximum Gasteiger partial charge on any atom is 0.402 e. The molecule has 1 amide bonds. The highest BCUT2D eigenvalue weighted by atomic mass is 16.5. The SMILES string of the molecule is NC(=O)O.ONCCc1c[nH]c2ccccc12. The van der Waals surface area contributed by atoms with Crippen LogP contribution in [-0.2, 0) is 6.42 Å². The molecule has 1 aromatic heterocycles. The van der Waals surface area contributed by atoms with Crippen molar-refractivity contribution in [1.29, 1.82) is 0 Å². The van der Waals surface area contributed by atoms with Gasteiger partial charge >= 0.3 is 6.09 Å². The molecular formula is C11H15N3O3. The van der Waals surface area contributed by atoms with Crippen molar-refractivity contribution >= 4 is 17.0 Å². The third-order valence-corrected chi connectivity index (χ3v) is 2.18. The van der Waals surface area contributed by atoms with Crippen LogP contribution in [0.5, 0.6) is 0 Å². The summed E-state index contributed by atoms with van der Waals surface area (Å²) < 4.78 is 0. The second-order valence-corrected chi connectivity index (χ2v) is 3.36. The summed E-state index contributed by atoms with van der Waals surface area (Å²) in [7, 11) is 0. The molecule has 0 aliphatic carbocycles. The minimum atomic E-state index is -1.33. The number of fused-ring (bicyclic) bond motifs is 1. The van der Waals surface area contributed by atoms with Crippen LogP contribution in [0, 0.1) is 0 Å². The standard InChI is InChI=1S/C10H12N2O.CH3NO2/c13-12-6-5-8-7-11-10-4-2-1-3-9(8)10;2-1(3)4/h1-4,7,11-13H,5-6H2;2H2,(H,3,4). The monoisotopic (exact) mass is 237 g/mol. The van der Waals surface area contributed by atoms with Crippen molar-refractivity contribution in [3.8, 4) is 0 Å². The number of carboxylic acid groups (broad SMARTS) is 1. The summed E-state index contributed by atoms with van der Waals surface area (Å²) in [6.07, 6.45) is 1.49. The van der Waals surface area contributed by atoms with Gasteiger partial charge in [-0.2, -0.15) is 0 Å². The summed E-state index contributed by atoms with van der Waals surface area (Å²) in [5.74, 6) is 0. The van der Waals surface area contributed by atoms with Gasteiger partial charge in [0.25, 0.3) is 0 Å². The van der Waals surface area contributed by atoms with Crippen LogP contribution in [0.4, 0.5) is 4.79 Å². The number of rotatable bonds is 3. The number of benzene rings is 1. The van der Waals surface area contributed by atoms with E-state index in [1.807, 2.05) is 24.4 Å². The van der Waals surface area contributed by atoms with Crippen molar-refractivity contribution in [2.75, 3.05) is 6.54 Å². The van der Waals surface area contributed by atoms with E-state index < -0.39 is 6.09 Å². The number of hydrogen-bond acceptors (Lipinski definition) is 3. The second-order valence-electron chi connectivity index (χ2n) is 3.36. The fourth-order valence-electron chi connectivity index (χ4n) is 1.53. The number of nitrogens with two attached hydrogens (primary N) is 1. The van der Waals surface area contributed by atoms with Gasteiger partial charge < -0.3 is 21.0 Å². The zero-order valence-electron chi connectivity index (χ0n) is 9.18. The van der Waals surface area contributed by atoms with E-state index in [0.29, 0.717) is 6.54 Å². The Morgan fingerprint density at radius 2 is 2.06 bits per heavy atom. The number of aromatic nitrogens is 1. The van der Waals surface area contributed by atoms with Crippen molar-refractivity contribution in [2.24, 2.45) is 5.73 Å². The number of amides is 1. The minimum absolute atomic E-state index is 0.585. The van der Waals surface area contributed by atoms with Crippen LogP contribution >= 0.6 is 0 Å². The van der Waals surface area contributed by atoms with Crippen LogP contribution in [0.3, 0.4) is 0 Å². The van der Waals surface area contributed by atoms with Crippen LogP contribution in [0.1, 0.15) is 5.56 Å². The number of para-hydroxylation sites is 1. The summed E-state index contributed by atoms with van der Waals surface area (Å²) in [5, 5.41) is 16.9. The third kappa shape index (κ3) is 4.13. The largest absolute Gasteiger partial charge is 0.465 e. The molecule has 92 valence electrons. The molecule has 2 rings (SSSR count). The molecule has 0 spiro atoms. The first-order valence-corrected chi connectivity index (χ1v) is 5.05. The van der Waals surface area contributed by atoms with E-state index in [4.69, 9.17) is 15.1 Å². The Morgan fingerprint density at radius 3 is 2.71 bits per heavy atom. The van der Waals surface area contributed by atoms with Gasteiger partial charge in [0.2, 0.25) is 0 Å². The fourth-order valence-corrected chi connectivity index (χ4v) is 1.53. The van der Waals surface area contributed by atoms with Gasteiger partial charge in [-0.05, 0) is 18.1 Å². The minimum Gasteiger partial charge on any atom is -0.465 e. The molecule has 6 N–H and O–H groups in total. The smallest absolute Gasteiger partial charge is 0.402 e. The predicted molar refractivity (Wildman–Crippen MR) is 64.0 cm³/mol. The Hall–Kier alpha value is -2.05. The van der Waals surface area contributed by atoms with Gasteiger partial charge in [0.15, 0.2) is 0 Å². The van der Waals surface area contributed by atoms with Gasteiger partial charge in [0.1, 0.15) is 0 Å². The molecule has 0 radical (unpaired) electrons. The third-order valence-electron chi connectivity index (χ3n) is 2.18. The summed E-state index contributed by atoms with van der Waals surface area (Å²) in [5.41, 5.74) is 8.57. The van der Waals surface area contributed by atoms with Gasteiger partial charge in [-0.25, -0.2) is 10.3 Å². The Morgan fingerprint density at radius 1 is 1.41 bits per heavy atom. The maximum absolute atomic E-state index is 8.78. The highest BCUT2D eigenvalue weighted by molar-refractivity contribution is 5.83. The topological polar surface area (TPSA) is 111 Å². The molecule has 1 aromatic carbocycles. The first-order valence-electron chi connectivity index (χ1n) is 5.05. The second kappa shape index (κ2) is 6.51. The molecule has 0 saturated heterocycles. The average Bonchev–Trinajstić information content (AvgIpc) is 2.69. The number of H-pyrrole nitrogens is 1. The van der Waals surface area contributed by atoms with Crippen molar-refractivity contribution in [3.05, 3.63) is 36.0 Å². The van der Waals surface area contributed by atoms with Gasteiger partial charge in [-0.15, -0.1) is 0 Å². The number of primary amides is 1. The molecule has 1 heterocycles. The first kappa shape index (κ1) is 13.0. The van der Waals surface area contributed by atoms with Crippen LogP contribution in [0.2, 0.25) is 0 Å². The van der Waals surface area contributed by atoms with Crippen LogP contribution in [0.25, 0.3) is 10.9 Å². The molecule has 6 heteroatoms. The lowest BCUT2D eigenvalue weighted by Crippen LogP contribution is -2.10. The molecular weight excluding hydrogens is 222 g/mol. The van der Waals surface area contributed by atoms with Crippen LogP contribution < -0.4 is 11.2 Å². The molecule has 0 atom stereocenters. The number of hydroxylamine groups is 1. The highest BCUT2D eigenvalue weighted by Crippen LogP contribution is 2.17. The van der Waals surface area contributed by atoms with E-state index in [1.165, 1.54) is 10.9 Å². The van der Waals surface area contributed by atoms with Gasteiger partial charge in [0, 0.05) is 23.6 Å². The van der Waals surface area contributed by atoms with Crippen LogP contribution in [-0.4, -0.2) is 27.9 Å². The Labute approximate surface area is 98.0 Å². The van der Waals surface area contributed by atoms with Crippen molar-refractivity contribution < 1.29 is 15.1 Å². The summed E-state index contributed by atoms with van der Waals surface area (Å²) in [6.45, 7) is 0.585. The highest BCUT2D eigenvalue weighted by Gasteiger charge is 2.00. The lowest BCUT2D eigenvalue weighted by Gasteiger charge is -1.96. The van der Waals surface area contributed by atoms with Crippen molar-refractivity contribution in [1.82, 2.24) is 10.5 Å². The summed E-state index contributed by atoms with van der Waals surface area (Å²) in [6, 6.07) is 8.16. The Balaban J connectivity index is 0.000000317. The van der Waals surface area contributed by atoms with E-state index in [-0.39, 0.29) is 0 Å². The zero-order valence-corrected chi connectivity index (χ0v) is 9.18. The predicted octanol–water partition coefficient (Wildman–Crippen LogP) is 1.31. The number of hydrogen-bond donors (Lipinski definition) is 5. The van der Waals surface area contributed by atoms with Gasteiger partial charge in [0.05, 0.1) is 0 Å². The molecule has 0 bridgehead atoms. The number of aromatic amines is 1. The molecule has 2 aromatic rings. The molecule has 0 aliphatic rings. The maximum atomic E-state index is 8.78. The number of nitrogens with one attached hydrogen (secondary N) is 2. The lowest BCUT2D eigenvalue weighted by molar-refractivity contribution is 0.168. The molecule has 17 heavy (non-hydrogen) atoms. The Bertz CT molecular complexity index is 478. The summed E-state index contributed by atoms with van der Waals surface area (Å²) >= 11 is 0.